The Kier molecular flexibility index (Phi) is 3.84. The lowest BCUT2D eigenvalue weighted by molar-refractivity contribution is 0.214. The predicted octanol–water partition coefficient (Wildman–Crippen LogP) is 3.63. The van der Waals surface area contributed by atoms with E-state index in [4.69, 9.17) is 9.47 Å². The van der Waals surface area contributed by atoms with E-state index < -0.39 is 6.10 Å². The van der Waals surface area contributed by atoms with Crippen LogP contribution in [0.5, 0.6) is 11.5 Å². The first-order chi connectivity index (χ1) is 10.2. The fraction of sp³-hybridized carbons (Fsp3) is 0.333. The van der Waals surface area contributed by atoms with Gasteiger partial charge in [-0.1, -0.05) is 24.3 Å². The van der Waals surface area contributed by atoms with E-state index in [0.29, 0.717) is 11.9 Å². The molecule has 0 aliphatic heterocycles. The molecule has 1 N–H and O–H groups in total. The maximum Gasteiger partial charge on any atom is 0.125 e. The molecule has 3 nitrogen and oxygen atoms in total. The Morgan fingerprint density at radius 1 is 1.10 bits per heavy atom. The van der Waals surface area contributed by atoms with E-state index >= 15 is 0 Å². The second-order valence-corrected chi connectivity index (χ2v) is 5.53. The summed E-state index contributed by atoms with van der Waals surface area (Å²) in [5.41, 5.74) is 2.72. The van der Waals surface area contributed by atoms with E-state index in [2.05, 4.69) is 0 Å². The van der Waals surface area contributed by atoms with Gasteiger partial charge in [-0.05, 0) is 49.1 Å². The number of rotatable bonds is 5. The molecule has 0 aromatic heterocycles. The molecule has 0 heterocycles. The first kappa shape index (κ1) is 14.0. The smallest absolute Gasteiger partial charge is 0.125 e. The molecule has 110 valence electrons. The molecular weight excluding hydrogens is 264 g/mol. The topological polar surface area (TPSA) is 38.7 Å². The molecule has 0 amide bonds. The number of aryl methyl sites for hydroxylation is 1. The Morgan fingerprint density at radius 3 is 2.43 bits per heavy atom. The van der Waals surface area contributed by atoms with Crippen LogP contribution in [-0.2, 0) is 0 Å². The highest BCUT2D eigenvalue weighted by Crippen LogP contribution is 2.32. The van der Waals surface area contributed by atoms with Crippen LogP contribution in [0.4, 0.5) is 0 Å². The molecule has 2 aromatic carbocycles. The van der Waals surface area contributed by atoms with Gasteiger partial charge in [-0.25, -0.2) is 0 Å². The minimum Gasteiger partial charge on any atom is -0.496 e. The van der Waals surface area contributed by atoms with Crippen LogP contribution in [0.25, 0.3) is 0 Å². The molecule has 1 aliphatic carbocycles. The predicted molar refractivity (Wildman–Crippen MR) is 81.9 cm³/mol. The maximum atomic E-state index is 10.6. The van der Waals surface area contributed by atoms with Crippen LogP contribution in [-0.4, -0.2) is 18.3 Å². The van der Waals surface area contributed by atoms with Gasteiger partial charge in [0.15, 0.2) is 0 Å². The number of hydrogen-bond donors (Lipinski definition) is 1. The maximum absolute atomic E-state index is 10.6. The van der Waals surface area contributed by atoms with Crippen molar-refractivity contribution in [3.05, 3.63) is 59.2 Å². The molecule has 1 atom stereocenters. The van der Waals surface area contributed by atoms with Gasteiger partial charge >= 0.3 is 0 Å². The van der Waals surface area contributed by atoms with Crippen molar-refractivity contribution in [3.8, 4) is 11.5 Å². The summed E-state index contributed by atoms with van der Waals surface area (Å²) in [7, 11) is 1.62. The van der Waals surface area contributed by atoms with Crippen LogP contribution in [0, 0.1) is 6.92 Å². The van der Waals surface area contributed by atoms with E-state index in [1.54, 1.807) is 7.11 Å². The molecule has 0 spiro atoms. The van der Waals surface area contributed by atoms with Crippen molar-refractivity contribution in [3.63, 3.8) is 0 Å². The molecule has 1 fully saturated rings. The second kappa shape index (κ2) is 5.78. The third-order valence-corrected chi connectivity index (χ3v) is 3.71. The number of ether oxygens (including phenoxy) is 2. The van der Waals surface area contributed by atoms with Crippen molar-refractivity contribution in [1.29, 1.82) is 0 Å². The third kappa shape index (κ3) is 3.19. The summed E-state index contributed by atoms with van der Waals surface area (Å²) in [6.45, 7) is 2.00. The second-order valence-electron chi connectivity index (χ2n) is 5.53. The zero-order valence-corrected chi connectivity index (χ0v) is 12.4. The van der Waals surface area contributed by atoms with Crippen molar-refractivity contribution in [2.45, 2.75) is 32.0 Å². The zero-order valence-electron chi connectivity index (χ0n) is 12.4. The van der Waals surface area contributed by atoms with Crippen LogP contribution >= 0.6 is 0 Å². The summed E-state index contributed by atoms with van der Waals surface area (Å²) in [5, 5.41) is 10.6. The van der Waals surface area contributed by atoms with Crippen molar-refractivity contribution in [2.24, 2.45) is 0 Å². The van der Waals surface area contributed by atoms with Gasteiger partial charge in [-0.3, -0.25) is 0 Å². The molecule has 1 saturated carbocycles. The van der Waals surface area contributed by atoms with Crippen molar-refractivity contribution >= 4 is 0 Å². The van der Waals surface area contributed by atoms with E-state index in [9.17, 15) is 5.11 Å². The lowest BCUT2D eigenvalue weighted by Gasteiger charge is -2.16. The van der Waals surface area contributed by atoms with Gasteiger partial charge < -0.3 is 14.6 Å². The number of aliphatic hydroxyl groups excluding tert-OH is 1. The Balaban J connectivity index is 1.81. The Bertz CT molecular complexity index is 615. The highest BCUT2D eigenvalue weighted by Gasteiger charge is 2.23. The van der Waals surface area contributed by atoms with E-state index in [-0.39, 0.29) is 0 Å². The number of methoxy groups -OCH3 is 1. The molecule has 3 heteroatoms. The molecule has 0 radical (unpaired) electrons. The minimum atomic E-state index is -0.699. The van der Waals surface area contributed by atoms with Crippen molar-refractivity contribution in [2.75, 3.05) is 7.11 Å². The SMILES string of the molecule is COc1cc(C)ccc1C(O)c1ccc(OC2CC2)cc1. The lowest BCUT2D eigenvalue weighted by Crippen LogP contribution is -2.03. The quantitative estimate of drug-likeness (QED) is 0.911. The van der Waals surface area contributed by atoms with Gasteiger partial charge in [0.2, 0.25) is 0 Å². The van der Waals surface area contributed by atoms with Crippen LogP contribution in [0.15, 0.2) is 42.5 Å². The van der Waals surface area contributed by atoms with E-state index in [0.717, 1.165) is 35.3 Å². The average Bonchev–Trinajstić information content (AvgIpc) is 3.31. The van der Waals surface area contributed by atoms with Crippen LogP contribution in [0.3, 0.4) is 0 Å². The monoisotopic (exact) mass is 284 g/mol. The largest absolute Gasteiger partial charge is 0.496 e. The van der Waals surface area contributed by atoms with Gasteiger partial charge in [0.1, 0.15) is 17.6 Å². The molecule has 1 aliphatic rings. The fourth-order valence-corrected chi connectivity index (χ4v) is 2.33. The lowest BCUT2D eigenvalue weighted by atomic mass is 9.99. The summed E-state index contributed by atoms with van der Waals surface area (Å²) in [5.74, 6) is 1.57. The Hall–Kier alpha value is -2.00. The summed E-state index contributed by atoms with van der Waals surface area (Å²) in [6, 6.07) is 13.5. The Labute approximate surface area is 125 Å². The van der Waals surface area contributed by atoms with E-state index in [1.165, 1.54) is 0 Å². The molecule has 21 heavy (non-hydrogen) atoms. The first-order valence-electron chi connectivity index (χ1n) is 7.26. The van der Waals surface area contributed by atoms with E-state index in [1.807, 2.05) is 49.4 Å². The van der Waals surface area contributed by atoms with Crippen LogP contribution in [0.1, 0.15) is 35.6 Å². The Morgan fingerprint density at radius 2 is 1.81 bits per heavy atom. The summed E-state index contributed by atoms with van der Waals surface area (Å²) in [6.07, 6.45) is 1.98. The summed E-state index contributed by atoms with van der Waals surface area (Å²) in [4.78, 5) is 0. The van der Waals surface area contributed by atoms with Gasteiger partial charge in [0, 0.05) is 5.56 Å². The number of hydrogen-bond acceptors (Lipinski definition) is 3. The normalized spacial score (nSPS) is 15.6. The molecule has 3 rings (SSSR count). The van der Waals surface area contributed by atoms with Crippen molar-refractivity contribution < 1.29 is 14.6 Å². The minimum absolute atomic E-state index is 0.387. The molecule has 1 unspecified atom stereocenters. The average molecular weight is 284 g/mol. The third-order valence-electron chi connectivity index (χ3n) is 3.71. The first-order valence-corrected chi connectivity index (χ1v) is 7.26. The standard InChI is InChI=1S/C18H20O3/c1-12-3-10-16(17(11-12)20-2)18(19)13-4-6-14(7-5-13)21-15-8-9-15/h3-7,10-11,15,18-19H,8-9H2,1-2H3. The molecule has 0 bridgehead atoms. The van der Waals surface area contributed by atoms with Gasteiger partial charge in [-0.15, -0.1) is 0 Å². The fourth-order valence-electron chi connectivity index (χ4n) is 2.33. The summed E-state index contributed by atoms with van der Waals surface area (Å²) < 4.78 is 11.1. The van der Waals surface area contributed by atoms with Crippen molar-refractivity contribution in [1.82, 2.24) is 0 Å². The van der Waals surface area contributed by atoms with Crippen LogP contribution < -0.4 is 9.47 Å². The highest BCUT2D eigenvalue weighted by molar-refractivity contribution is 5.43. The highest BCUT2D eigenvalue weighted by atomic mass is 16.5. The molecule has 0 saturated heterocycles. The van der Waals surface area contributed by atoms with Gasteiger partial charge in [0.25, 0.3) is 0 Å². The van der Waals surface area contributed by atoms with Gasteiger partial charge in [-0.2, -0.15) is 0 Å². The summed E-state index contributed by atoms with van der Waals surface area (Å²) >= 11 is 0. The van der Waals surface area contributed by atoms with Crippen LogP contribution in [0.2, 0.25) is 0 Å². The zero-order chi connectivity index (χ0) is 14.8. The molecule has 2 aromatic rings. The molecular formula is C18H20O3. The number of aliphatic hydroxyl groups is 1. The number of benzene rings is 2. The van der Waals surface area contributed by atoms with Gasteiger partial charge in [0.05, 0.1) is 13.2 Å².